The number of aromatic hydroxyl groups is 1. The normalized spacial score (nSPS) is 11.5. The summed E-state index contributed by atoms with van der Waals surface area (Å²) < 4.78 is 38.6. The summed E-state index contributed by atoms with van der Waals surface area (Å²) in [6.07, 6.45) is 11.3. The molecule has 1 amide bonds. The predicted molar refractivity (Wildman–Crippen MR) is 131 cm³/mol. The van der Waals surface area contributed by atoms with Crippen LogP contribution in [-0.4, -0.2) is 25.2 Å². The molecule has 0 aliphatic carbocycles. The number of anilines is 1. The van der Waals surface area contributed by atoms with Crippen LogP contribution < -0.4 is 5.32 Å². The van der Waals surface area contributed by atoms with E-state index in [4.69, 9.17) is 11.6 Å². The van der Waals surface area contributed by atoms with Gasteiger partial charge in [-0.3, -0.25) is 4.79 Å². The van der Waals surface area contributed by atoms with Gasteiger partial charge in [-0.1, -0.05) is 76.3 Å². The molecule has 0 aliphatic rings. The Hall–Kier alpha value is -2.12. The Morgan fingerprint density at radius 2 is 1.48 bits per heavy atom. The van der Waals surface area contributed by atoms with Crippen LogP contribution in [0.4, 0.5) is 10.1 Å². The van der Waals surface area contributed by atoms with Gasteiger partial charge in [0.15, 0.2) is 15.6 Å². The van der Waals surface area contributed by atoms with Crippen LogP contribution in [0.3, 0.4) is 0 Å². The Kier molecular flexibility index (Phi) is 11.1. The number of halogens is 2. The SMILES string of the molecule is CCCCCCCCCCCCS(=O)(=O)c1ccc(C(=O)Nc2cc(F)cc(Cl)c2O)cc1. The molecule has 0 radical (unpaired) electrons. The Labute approximate surface area is 201 Å². The van der Waals surface area contributed by atoms with E-state index in [2.05, 4.69) is 12.2 Å². The van der Waals surface area contributed by atoms with Crippen molar-refractivity contribution in [2.75, 3.05) is 11.1 Å². The van der Waals surface area contributed by atoms with Crippen molar-refractivity contribution in [3.05, 3.63) is 52.8 Å². The zero-order valence-corrected chi connectivity index (χ0v) is 20.7. The highest BCUT2D eigenvalue weighted by molar-refractivity contribution is 7.91. The molecule has 2 aromatic rings. The molecule has 8 heteroatoms. The van der Waals surface area contributed by atoms with Gasteiger partial charge in [-0.2, -0.15) is 0 Å². The first-order valence-electron chi connectivity index (χ1n) is 11.6. The fraction of sp³-hybridized carbons (Fsp3) is 0.480. The van der Waals surface area contributed by atoms with Crippen LogP contribution in [0.5, 0.6) is 5.75 Å². The molecule has 0 bridgehead atoms. The lowest BCUT2D eigenvalue weighted by atomic mass is 10.1. The van der Waals surface area contributed by atoms with Gasteiger partial charge in [0, 0.05) is 11.6 Å². The van der Waals surface area contributed by atoms with Crippen molar-refractivity contribution in [3.8, 4) is 5.75 Å². The van der Waals surface area contributed by atoms with Gasteiger partial charge in [0.1, 0.15) is 5.82 Å². The van der Waals surface area contributed by atoms with Gasteiger partial charge < -0.3 is 10.4 Å². The van der Waals surface area contributed by atoms with Crippen LogP contribution in [0, 0.1) is 5.82 Å². The van der Waals surface area contributed by atoms with E-state index in [1.54, 1.807) is 0 Å². The van der Waals surface area contributed by atoms with E-state index in [1.165, 1.54) is 62.8 Å². The average molecular weight is 498 g/mol. The topological polar surface area (TPSA) is 83.5 Å². The quantitative estimate of drug-likeness (QED) is 0.215. The summed E-state index contributed by atoms with van der Waals surface area (Å²) in [6.45, 7) is 2.21. The van der Waals surface area contributed by atoms with Crippen molar-refractivity contribution in [1.29, 1.82) is 0 Å². The summed E-state index contributed by atoms with van der Waals surface area (Å²) in [5.41, 5.74) is 0.00956. The molecule has 2 rings (SSSR count). The first-order valence-corrected chi connectivity index (χ1v) is 13.6. The molecule has 0 saturated carbocycles. The molecular weight excluding hydrogens is 465 g/mol. The Morgan fingerprint density at radius 1 is 0.939 bits per heavy atom. The van der Waals surface area contributed by atoms with Crippen molar-refractivity contribution in [1.82, 2.24) is 0 Å². The second kappa shape index (κ2) is 13.6. The van der Waals surface area contributed by atoms with E-state index in [0.29, 0.717) is 6.42 Å². The van der Waals surface area contributed by atoms with E-state index in [9.17, 15) is 22.7 Å². The van der Waals surface area contributed by atoms with Gasteiger partial charge in [0.05, 0.1) is 21.4 Å². The zero-order valence-electron chi connectivity index (χ0n) is 19.1. The van der Waals surface area contributed by atoms with Crippen LogP contribution in [-0.2, 0) is 9.84 Å². The number of hydrogen-bond donors (Lipinski definition) is 2. The average Bonchev–Trinajstić information content (AvgIpc) is 2.78. The third-order valence-electron chi connectivity index (χ3n) is 5.52. The van der Waals surface area contributed by atoms with Crippen molar-refractivity contribution in [3.63, 3.8) is 0 Å². The molecule has 182 valence electrons. The number of nitrogens with one attached hydrogen (secondary N) is 1. The number of amides is 1. The van der Waals surface area contributed by atoms with Gasteiger partial charge in [0.25, 0.3) is 5.91 Å². The number of carbonyl (C=O) groups excluding carboxylic acids is 1. The van der Waals surface area contributed by atoms with Crippen LogP contribution in [0.15, 0.2) is 41.3 Å². The second-order valence-corrected chi connectivity index (χ2v) is 10.8. The van der Waals surface area contributed by atoms with E-state index >= 15 is 0 Å². The fourth-order valence-electron chi connectivity index (χ4n) is 3.57. The molecule has 0 unspecified atom stereocenters. The van der Waals surface area contributed by atoms with E-state index in [1.807, 2.05) is 0 Å². The highest BCUT2D eigenvalue weighted by Crippen LogP contribution is 2.33. The van der Waals surface area contributed by atoms with Crippen LogP contribution in [0.2, 0.25) is 5.02 Å². The molecule has 0 saturated heterocycles. The van der Waals surface area contributed by atoms with Crippen molar-refractivity contribution in [2.24, 2.45) is 0 Å². The lowest BCUT2D eigenvalue weighted by molar-refractivity contribution is 0.102. The summed E-state index contributed by atoms with van der Waals surface area (Å²) in [5, 5.41) is 12.0. The lowest BCUT2D eigenvalue weighted by Gasteiger charge is -2.10. The smallest absolute Gasteiger partial charge is 0.255 e. The van der Waals surface area contributed by atoms with E-state index < -0.39 is 27.3 Å². The minimum atomic E-state index is -3.43. The summed E-state index contributed by atoms with van der Waals surface area (Å²) in [6, 6.07) is 7.43. The Balaban J connectivity index is 1.80. The number of sulfone groups is 1. The number of carbonyl (C=O) groups is 1. The Morgan fingerprint density at radius 3 is 2.06 bits per heavy atom. The van der Waals surface area contributed by atoms with Gasteiger partial charge in [-0.05, 0) is 36.8 Å². The first kappa shape index (κ1) is 27.1. The number of hydrogen-bond acceptors (Lipinski definition) is 4. The second-order valence-electron chi connectivity index (χ2n) is 8.26. The van der Waals surface area contributed by atoms with E-state index in [-0.39, 0.29) is 26.9 Å². The lowest BCUT2D eigenvalue weighted by Crippen LogP contribution is -2.13. The molecule has 5 nitrogen and oxygen atoms in total. The number of unbranched alkanes of at least 4 members (excludes halogenated alkanes) is 9. The van der Waals surface area contributed by atoms with Gasteiger partial charge >= 0.3 is 0 Å². The molecule has 33 heavy (non-hydrogen) atoms. The maximum absolute atomic E-state index is 13.5. The first-order chi connectivity index (χ1) is 15.7. The molecule has 2 N–H and O–H groups in total. The highest BCUT2D eigenvalue weighted by Gasteiger charge is 2.16. The van der Waals surface area contributed by atoms with Crippen molar-refractivity contribution < 1.29 is 22.7 Å². The molecule has 2 aromatic carbocycles. The number of phenolic OH excluding ortho intramolecular Hbond substituents is 1. The summed E-state index contributed by atoms with van der Waals surface area (Å²) in [5.74, 6) is -1.70. The maximum atomic E-state index is 13.5. The number of rotatable bonds is 14. The maximum Gasteiger partial charge on any atom is 0.255 e. The highest BCUT2D eigenvalue weighted by atomic mass is 35.5. The standard InChI is InChI=1S/C25H33ClFNO4S/c1-2-3-4-5-6-7-8-9-10-11-16-33(31,32)21-14-12-19(13-15-21)25(30)28-23-18-20(27)17-22(26)24(23)29/h12-15,17-18,29H,2-11,16H2,1H3,(H,28,30). The molecule has 0 heterocycles. The molecule has 0 fully saturated rings. The minimum absolute atomic E-state index is 0.0741. The van der Waals surface area contributed by atoms with E-state index in [0.717, 1.165) is 31.4 Å². The number of benzene rings is 2. The molecule has 0 spiro atoms. The summed E-state index contributed by atoms with van der Waals surface area (Å²) in [7, 11) is -3.43. The van der Waals surface area contributed by atoms with Crippen LogP contribution in [0.1, 0.15) is 81.5 Å². The van der Waals surface area contributed by atoms with Crippen LogP contribution in [0.25, 0.3) is 0 Å². The minimum Gasteiger partial charge on any atom is -0.504 e. The largest absolute Gasteiger partial charge is 0.504 e. The van der Waals surface area contributed by atoms with Gasteiger partial charge in [-0.25, -0.2) is 12.8 Å². The zero-order chi connectivity index (χ0) is 24.3. The number of phenols is 1. The third-order valence-corrected chi connectivity index (χ3v) is 7.62. The predicted octanol–water partition coefficient (Wildman–Crippen LogP) is 7.13. The van der Waals surface area contributed by atoms with Gasteiger partial charge in [-0.15, -0.1) is 0 Å². The van der Waals surface area contributed by atoms with Gasteiger partial charge in [0.2, 0.25) is 0 Å². The monoisotopic (exact) mass is 497 g/mol. The van der Waals surface area contributed by atoms with Crippen LogP contribution >= 0.6 is 11.6 Å². The third kappa shape index (κ3) is 8.97. The molecule has 0 atom stereocenters. The molecular formula is C25H33ClFNO4S. The summed E-state index contributed by atoms with van der Waals surface area (Å²) in [4.78, 5) is 12.5. The summed E-state index contributed by atoms with van der Waals surface area (Å²) >= 11 is 5.71. The van der Waals surface area contributed by atoms with Crippen molar-refractivity contribution >= 4 is 33.0 Å². The molecule has 0 aromatic heterocycles. The fourth-order valence-corrected chi connectivity index (χ4v) is 5.14. The molecule has 0 aliphatic heterocycles. The van der Waals surface area contributed by atoms with Crippen molar-refractivity contribution in [2.45, 2.75) is 76.0 Å². The Bertz CT molecular complexity index is 1010.